The summed E-state index contributed by atoms with van der Waals surface area (Å²) in [5.74, 6) is -2.07. The van der Waals surface area contributed by atoms with E-state index in [-0.39, 0.29) is 5.56 Å². The molecule has 0 saturated carbocycles. The van der Waals surface area contributed by atoms with Crippen molar-refractivity contribution in [3.05, 3.63) is 28.8 Å². The number of halogens is 1. The molecule has 0 aromatic heterocycles. The van der Waals surface area contributed by atoms with Crippen molar-refractivity contribution in [3.63, 3.8) is 0 Å². The Balaban J connectivity index is 2.87. The smallest absolute Gasteiger partial charge is 0.374 e. The first kappa shape index (κ1) is 14.2. The number of ketones is 2. The fraction of sp³-hybridized carbons (Fsp3) is 0.250. The first-order valence-electron chi connectivity index (χ1n) is 4.97. The van der Waals surface area contributed by atoms with Crippen LogP contribution < -0.4 is 4.74 Å². The zero-order valence-corrected chi connectivity index (χ0v) is 10.6. The molecule has 0 amide bonds. The van der Waals surface area contributed by atoms with Gasteiger partial charge in [0.25, 0.3) is 0 Å². The van der Waals surface area contributed by atoms with Crippen LogP contribution >= 0.6 is 11.6 Å². The number of rotatable bonds is 5. The third kappa shape index (κ3) is 3.56. The second-order valence-electron chi connectivity index (χ2n) is 3.39. The Morgan fingerprint density at radius 1 is 1.17 bits per heavy atom. The van der Waals surface area contributed by atoms with Crippen LogP contribution in [0.1, 0.15) is 16.8 Å². The molecule has 0 aliphatic heterocycles. The largest absolute Gasteiger partial charge is 0.497 e. The molecule has 1 aromatic rings. The fourth-order valence-corrected chi connectivity index (χ4v) is 1.50. The maximum absolute atomic E-state index is 11.8. The van der Waals surface area contributed by atoms with Gasteiger partial charge in [-0.15, -0.1) is 0 Å². The molecule has 0 saturated heterocycles. The molecule has 0 radical (unpaired) electrons. The Morgan fingerprint density at radius 3 is 2.39 bits per heavy atom. The van der Waals surface area contributed by atoms with Gasteiger partial charge in [-0.05, 0) is 18.2 Å². The molecule has 1 rings (SSSR count). The number of Topliss-reactive ketones (excluding diaryl/α,β-unsaturated/α-hetero) is 2. The summed E-state index contributed by atoms with van der Waals surface area (Å²) in [7, 11) is 2.51. The minimum Gasteiger partial charge on any atom is -0.497 e. The van der Waals surface area contributed by atoms with Gasteiger partial charge in [-0.25, -0.2) is 4.79 Å². The molecular weight excluding hydrogens is 260 g/mol. The van der Waals surface area contributed by atoms with Crippen LogP contribution in [0.5, 0.6) is 5.75 Å². The van der Waals surface area contributed by atoms with Crippen LogP contribution in [0.4, 0.5) is 0 Å². The second-order valence-corrected chi connectivity index (χ2v) is 3.83. The molecule has 0 heterocycles. The number of methoxy groups -OCH3 is 2. The quantitative estimate of drug-likeness (QED) is 0.352. The topological polar surface area (TPSA) is 69.7 Å². The number of esters is 1. The number of hydrogen-bond acceptors (Lipinski definition) is 5. The monoisotopic (exact) mass is 270 g/mol. The highest BCUT2D eigenvalue weighted by molar-refractivity contribution is 6.38. The van der Waals surface area contributed by atoms with Crippen molar-refractivity contribution in [2.75, 3.05) is 14.2 Å². The van der Waals surface area contributed by atoms with Crippen molar-refractivity contribution in [3.8, 4) is 5.75 Å². The molecular formula is C12H11ClO5. The van der Waals surface area contributed by atoms with Crippen molar-refractivity contribution in [1.29, 1.82) is 0 Å². The summed E-state index contributed by atoms with van der Waals surface area (Å²) in [6, 6.07) is 4.37. The van der Waals surface area contributed by atoms with Crippen molar-refractivity contribution in [2.45, 2.75) is 6.42 Å². The SMILES string of the molecule is COC(=O)C(=O)CC(=O)c1cc(Cl)cc(OC)c1. The van der Waals surface area contributed by atoms with Gasteiger partial charge in [0.1, 0.15) is 5.75 Å². The zero-order chi connectivity index (χ0) is 13.7. The van der Waals surface area contributed by atoms with E-state index in [9.17, 15) is 14.4 Å². The first-order chi connectivity index (χ1) is 8.47. The number of carbonyl (C=O) groups is 3. The normalized spacial score (nSPS) is 9.72. The molecule has 0 aliphatic rings. The highest BCUT2D eigenvalue weighted by Crippen LogP contribution is 2.21. The summed E-state index contributed by atoms with van der Waals surface area (Å²) in [6.07, 6.45) is -0.559. The summed E-state index contributed by atoms with van der Waals surface area (Å²) in [4.78, 5) is 33.9. The van der Waals surface area contributed by atoms with Crippen LogP contribution in [0, 0.1) is 0 Å². The Kier molecular flexibility index (Phi) is 4.85. The van der Waals surface area contributed by atoms with E-state index in [1.54, 1.807) is 0 Å². The molecule has 0 unspecified atom stereocenters. The van der Waals surface area contributed by atoms with Gasteiger partial charge >= 0.3 is 5.97 Å². The highest BCUT2D eigenvalue weighted by atomic mass is 35.5. The Bertz CT molecular complexity index is 495. The lowest BCUT2D eigenvalue weighted by molar-refractivity contribution is -0.151. The predicted molar refractivity (Wildman–Crippen MR) is 64.0 cm³/mol. The van der Waals surface area contributed by atoms with Crippen LogP contribution in [-0.4, -0.2) is 31.8 Å². The van der Waals surface area contributed by atoms with E-state index in [0.29, 0.717) is 10.8 Å². The molecule has 0 bridgehead atoms. The van der Waals surface area contributed by atoms with Crippen LogP contribution in [-0.2, 0) is 14.3 Å². The lowest BCUT2D eigenvalue weighted by Crippen LogP contribution is -2.19. The maximum Gasteiger partial charge on any atom is 0.374 e. The fourth-order valence-electron chi connectivity index (χ4n) is 1.28. The second kappa shape index (κ2) is 6.16. The summed E-state index contributed by atoms with van der Waals surface area (Å²) in [5.41, 5.74) is 0.205. The van der Waals surface area contributed by atoms with E-state index in [2.05, 4.69) is 4.74 Å². The van der Waals surface area contributed by atoms with Crippen LogP contribution in [0.15, 0.2) is 18.2 Å². The van der Waals surface area contributed by atoms with Crippen molar-refractivity contribution in [1.82, 2.24) is 0 Å². The lowest BCUT2D eigenvalue weighted by Gasteiger charge is -2.04. The maximum atomic E-state index is 11.8. The van der Waals surface area contributed by atoms with E-state index < -0.39 is 24.0 Å². The molecule has 0 N–H and O–H groups in total. The van der Waals surface area contributed by atoms with Gasteiger partial charge in [-0.3, -0.25) is 9.59 Å². The molecule has 0 aliphatic carbocycles. The van der Waals surface area contributed by atoms with Crippen molar-refractivity contribution in [2.24, 2.45) is 0 Å². The van der Waals surface area contributed by atoms with Crippen LogP contribution in [0.2, 0.25) is 5.02 Å². The number of ether oxygens (including phenoxy) is 2. The van der Waals surface area contributed by atoms with Gasteiger partial charge in [0.05, 0.1) is 20.6 Å². The minimum atomic E-state index is -1.04. The van der Waals surface area contributed by atoms with E-state index in [0.717, 1.165) is 7.11 Å². The molecule has 18 heavy (non-hydrogen) atoms. The average Bonchev–Trinajstić information content (AvgIpc) is 2.36. The van der Waals surface area contributed by atoms with Crippen molar-refractivity contribution >= 4 is 29.1 Å². The van der Waals surface area contributed by atoms with E-state index in [1.807, 2.05) is 0 Å². The zero-order valence-electron chi connectivity index (χ0n) is 9.86. The third-order valence-corrected chi connectivity index (χ3v) is 2.38. The van der Waals surface area contributed by atoms with E-state index >= 15 is 0 Å². The van der Waals surface area contributed by atoms with Gasteiger partial charge in [-0.1, -0.05) is 11.6 Å². The summed E-state index contributed by atoms with van der Waals surface area (Å²) in [5, 5.41) is 0.309. The van der Waals surface area contributed by atoms with Crippen LogP contribution in [0.3, 0.4) is 0 Å². The molecule has 5 nitrogen and oxygen atoms in total. The Labute approximate surface area is 109 Å². The summed E-state index contributed by atoms with van der Waals surface area (Å²) in [6.45, 7) is 0. The third-order valence-electron chi connectivity index (χ3n) is 2.16. The van der Waals surface area contributed by atoms with Crippen molar-refractivity contribution < 1.29 is 23.9 Å². The number of carbonyl (C=O) groups excluding carboxylic acids is 3. The lowest BCUT2D eigenvalue weighted by atomic mass is 10.1. The number of hydrogen-bond donors (Lipinski definition) is 0. The van der Waals surface area contributed by atoms with Crippen LogP contribution in [0.25, 0.3) is 0 Å². The average molecular weight is 271 g/mol. The summed E-state index contributed by atoms with van der Waals surface area (Å²) < 4.78 is 9.17. The van der Waals surface area contributed by atoms with Gasteiger partial charge in [0.2, 0.25) is 5.78 Å². The van der Waals surface area contributed by atoms with E-state index in [1.165, 1.54) is 25.3 Å². The van der Waals surface area contributed by atoms with Gasteiger partial charge in [-0.2, -0.15) is 0 Å². The predicted octanol–water partition coefficient (Wildman–Crippen LogP) is 1.66. The molecule has 0 fully saturated rings. The highest BCUT2D eigenvalue weighted by Gasteiger charge is 2.20. The van der Waals surface area contributed by atoms with E-state index in [4.69, 9.17) is 16.3 Å². The molecule has 6 heteroatoms. The molecule has 1 aromatic carbocycles. The van der Waals surface area contributed by atoms with Gasteiger partial charge in [0.15, 0.2) is 5.78 Å². The minimum absolute atomic E-state index is 0.205. The number of benzene rings is 1. The summed E-state index contributed by atoms with van der Waals surface area (Å²) >= 11 is 5.79. The molecule has 0 atom stereocenters. The first-order valence-corrected chi connectivity index (χ1v) is 5.34. The molecule has 0 spiro atoms. The van der Waals surface area contributed by atoms with Gasteiger partial charge in [0, 0.05) is 10.6 Å². The Hall–Kier alpha value is -1.88. The standard InChI is InChI=1S/C12H11ClO5/c1-17-9-4-7(3-8(13)5-9)10(14)6-11(15)12(16)18-2/h3-5H,6H2,1-2H3. The van der Waals surface area contributed by atoms with Gasteiger partial charge < -0.3 is 9.47 Å². The molecule has 96 valence electrons. The Morgan fingerprint density at radius 2 is 1.83 bits per heavy atom.